The lowest BCUT2D eigenvalue weighted by Crippen LogP contribution is -2.49. The fourth-order valence-electron chi connectivity index (χ4n) is 4.00. The molecule has 152 valence electrons. The molecule has 3 rings (SSSR count). The van der Waals surface area contributed by atoms with Crippen LogP contribution in [-0.2, 0) is 0 Å². The lowest BCUT2D eigenvalue weighted by atomic mass is 9.68. The zero-order valence-electron chi connectivity index (χ0n) is 18.0. The van der Waals surface area contributed by atoms with Crippen LogP contribution in [0, 0.1) is 11.3 Å². The molecule has 0 aliphatic heterocycles. The van der Waals surface area contributed by atoms with Crippen LogP contribution in [-0.4, -0.2) is 25.7 Å². The van der Waals surface area contributed by atoms with Crippen molar-refractivity contribution in [1.82, 2.24) is 15.0 Å². The molecule has 0 fully saturated rings. The monoisotopic (exact) mass is 381 g/mol. The third kappa shape index (κ3) is 4.07. The van der Waals surface area contributed by atoms with Gasteiger partial charge in [-0.05, 0) is 41.5 Å². The number of hydrogen-bond donors (Lipinski definition) is 1. The fraction of sp³-hybridized carbons (Fsp3) is 0.583. The Morgan fingerprint density at radius 3 is 2.32 bits per heavy atom. The highest BCUT2D eigenvalue weighted by atomic mass is 16.3. The molecule has 0 saturated carbocycles. The van der Waals surface area contributed by atoms with Crippen molar-refractivity contribution in [3.63, 3.8) is 0 Å². The van der Waals surface area contributed by atoms with E-state index in [2.05, 4.69) is 46.8 Å². The molecule has 1 heterocycles. The lowest BCUT2D eigenvalue weighted by molar-refractivity contribution is -0.0511. The summed E-state index contributed by atoms with van der Waals surface area (Å²) in [6, 6.07) is 7.55. The minimum absolute atomic E-state index is 0.321. The molecule has 1 aromatic heterocycles. The van der Waals surface area contributed by atoms with Crippen LogP contribution in [0.25, 0.3) is 11.0 Å². The molecule has 0 amide bonds. The van der Waals surface area contributed by atoms with E-state index in [9.17, 15) is 5.11 Å². The third-order valence-corrected chi connectivity index (χ3v) is 6.14. The van der Waals surface area contributed by atoms with Gasteiger partial charge in [-0.3, -0.25) is 0 Å². The van der Waals surface area contributed by atoms with Crippen molar-refractivity contribution in [2.75, 3.05) is 0 Å². The van der Waals surface area contributed by atoms with Crippen molar-refractivity contribution in [3.05, 3.63) is 48.1 Å². The largest absolute Gasteiger partial charge is 0.383 e. The van der Waals surface area contributed by atoms with Crippen molar-refractivity contribution in [1.29, 1.82) is 0 Å². The van der Waals surface area contributed by atoms with Crippen LogP contribution in [0.5, 0.6) is 0 Å². The molecule has 4 nitrogen and oxygen atoms in total. The van der Waals surface area contributed by atoms with Gasteiger partial charge in [0, 0.05) is 0 Å². The molecule has 28 heavy (non-hydrogen) atoms. The summed E-state index contributed by atoms with van der Waals surface area (Å²) in [6.45, 7) is 10.7. The number of benzene rings is 1. The first kappa shape index (κ1) is 20.8. The second-order valence-electron chi connectivity index (χ2n) is 9.28. The first-order chi connectivity index (χ1) is 13.3. The van der Waals surface area contributed by atoms with Gasteiger partial charge in [-0.25, -0.2) is 0 Å². The van der Waals surface area contributed by atoms with Gasteiger partial charge in [0.2, 0.25) is 0 Å². The summed E-state index contributed by atoms with van der Waals surface area (Å²) in [5.74, 6) is 0.463. The Balaban J connectivity index is 1.93. The second-order valence-corrected chi connectivity index (χ2v) is 9.28. The summed E-state index contributed by atoms with van der Waals surface area (Å²) >= 11 is 0. The van der Waals surface area contributed by atoms with Crippen LogP contribution in [0.3, 0.4) is 0 Å². The van der Waals surface area contributed by atoms with Gasteiger partial charge < -0.3 is 5.11 Å². The van der Waals surface area contributed by atoms with E-state index in [1.807, 2.05) is 30.3 Å². The number of unbranched alkanes of at least 4 members (excludes halogenated alkanes) is 3. The molecule has 1 aromatic carbocycles. The molecule has 0 radical (unpaired) electrons. The quantitative estimate of drug-likeness (QED) is 0.612. The molecular formula is C24H35N3O. The molecule has 3 atom stereocenters. The molecule has 2 aromatic rings. The van der Waals surface area contributed by atoms with Crippen molar-refractivity contribution in [2.24, 2.45) is 11.3 Å². The normalized spacial score (nSPS) is 23.8. The van der Waals surface area contributed by atoms with Gasteiger partial charge in [-0.2, -0.15) is 15.0 Å². The topological polar surface area (TPSA) is 50.9 Å². The fourth-order valence-corrected chi connectivity index (χ4v) is 4.00. The van der Waals surface area contributed by atoms with Gasteiger partial charge in [0.25, 0.3) is 0 Å². The van der Waals surface area contributed by atoms with E-state index in [-0.39, 0.29) is 11.5 Å². The zero-order chi connectivity index (χ0) is 20.4. The Morgan fingerprint density at radius 1 is 1.11 bits per heavy atom. The van der Waals surface area contributed by atoms with Crippen LogP contribution < -0.4 is 0 Å². The number of aliphatic hydroxyl groups is 1. The summed E-state index contributed by atoms with van der Waals surface area (Å²) in [6.07, 6.45) is 12.6. The number of fused-ring (bicyclic) bond motifs is 1. The SMILES string of the molecule is CCCCCCC(C)C1=CC(n2nc3ccccc3n2)C(O)(C(C)(C)C)C=C1. The highest BCUT2D eigenvalue weighted by Gasteiger charge is 2.47. The Morgan fingerprint density at radius 2 is 1.75 bits per heavy atom. The van der Waals surface area contributed by atoms with E-state index in [0.717, 1.165) is 11.0 Å². The Hall–Kier alpha value is -1.94. The Bertz CT molecular complexity index is 825. The maximum Gasteiger partial charge on any atom is 0.123 e. The number of hydrogen-bond acceptors (Lipinski definition) is 3. The predicted molar refractivity (Wildman–Crippen MR) is 116 cm³/mol. The minimum Gasteiger partial charge on any atom is -0.383 e. The minimum atomic E-state index is -1.05. The lowest BCUT2D eigenvalue weighted by Gasteiger charge is -2.44. The molecule has 1 aliphatic carbocycles. The average molecular weight is 382 g/mol. The van der Waals surface area contributed by atoms with Crippen LogP contribution in [0.15, 0.2) is 48.1 Å². The van der Waals surface area contributed by atoms with Gasteiger partial charge in [0.15, 0.2) is 0 Å². The molecule has 0 bridgehead atoms. The van der Waals surface area contributed by atoms with Gasteiger partial charge in [0.05, 0.1) is 0 Å². The van der Waals surface area contributed by atoms with Gasteiger partial charge in [-0.1, -0.05) is 84.6 Å². The second kappa shape index (κ2) is 8.20. The van der Waals surface area contributed by atoms with Crippen LogP contribution in [0.2, 0.25) is 0 Å². The average Bonchev–Trinajstić information content (AvgIpc) is 3.08. The molecule has 1 aliphatic rings. The number of rotatable bonds is 7. The van der Waals surface area contributed by atoms with Gasteiger partial charge in [-0.15, -0.1) is 0 Å². The first-order valence-corrected chi connectivity index (χ1v) is 10.7. The maximum absolute atomic E-state index is 11.7. The molecule has 0 spiro atoms. The Labute approximate surface area is 169 Å². The molecule has 3 unspecified atom stereocenters. The Kier molecular flexibility index (Phi) is 6.09. The van der Waals surface area contributed by atoms with Crippen LogP contribution >= 0.6 is 0 Å². The van der Waals surface area contributed by atoms with Gasteiger partial charge in [0.1, 0.15) is 22.7 Å². The summed E-state index contributed by atoms with van der Waals surface area (Å²) < 4.78 is 0. The van der Waals surface area contributed by atoms with E-state index in [1.165, 1.54) is 37.7 Å². The highest BCUT2D eigenvalue weighted by Crippen LogP contribution is 2.44. The van der Waals surface area contributed by atoms with Gasteiger partial charge >= 0.3 is 0 Å². The van der Waals surface area contributed by atoms with Crippen molar-refractivity contribution >= 4 is 11.0 Å². The predicted octanol–water partition coefficient (Wildman–Crippen LogP) is 5.85. The van der Waals surface area contributed by atoms with Crippen molar-refractivity contribution in [2.45, 2.75) is 78.4 Å². The summed E-state index contributed by atoms with van der Waals surface area (Å²) in [7, 11) is 0. The van der Waals surface area contributed by atoms with E-state index in [1.54, 1.807) is 4.80 Å². The number of nitrogens with zero attached hydrogens (tertiary/aromatic N) is 3. The number of allylic oxidation sites excluding steroid dienone is 2. The van der Waals surface area contributed by atoms with Crippen LogP contribution in [0.1, 0.15) is 72.8 Å². The third-order valence-electron chi connectivity index (χ3n) is 6.14. The molecular weight excluding hydrogens is 346 g/mol. The zero-order valence-corrected chi connectivity index (χ0v) is 18.0. The highest BCUT2D eigenvalue weighted by molar-refractivity contribution is 5.73. The molecule has 1 N–H and O–H groups in total. The van der Waals surface area contributed by atoms with E-state index in [0.29, 0.717) is 5.92 Å². The number of aromatic nitrogens is 3. The molecule has 0 saturated heterocycles. The first-order valence-electron chi connectivity index (χ1n) is 10.7. The van der Waals surface area contributed by atoms with E-state index in [4.69, 9.17) is 10.2 Å². The maximum atomic E-state index is 11.7. The van der Waals surface area contributed by atoms with E-state index < -0.39 is 5.60 Å². The summed E-state index contributed by atoms with van der Waals surface area (Å²) in [5, 5.41) is 21.0. The standard InChI is InChI=1S/C24H35N3O/c1-6-7-8-9-12-18(2)19-15-16-24(28,23(3,4)5)22(17-19)27-25-20-13-10-11-14-21(20)26-27/h10-11,13-18,22,28H,6-9,12H2,1-5H3. The van der Waals surface area contributed by atoms with Crippen molar-refractivity contribution in [3.8, 4) is 0 Å². The van der Waals surface area contributed by atoms with Crippen LogP contribution in [0.4, 0.5) is 0 Å². The molecule has 4 heteroatoms. The van der Waals surface area contributed by atoms with Crippen molar-refractivity contribution < 1.29 is 5.11 Å². The van der Waals surface area contributed by atoms with E-state index >= 15 is 0 Å². The summed E-state index contributed by atoms with van der Waals surface area (Å²) in [5.41, 5.74) is 1.59. The smallest absolute Gasteiger partial charge is 0.123 e. The summed E-state index contributed by atoms with van der Waals surface area (Å²) in [4.78, 5) is 1.71.